The van der Waals surface area contributed by atoms with Gasteiger partial charge in [0.25, 0.3) is 0 Å². The van der Waals surface area contributed by atoms with E-state index in [9.17, 15) is 14.4 Å². The molecule has 0 saturated heterocycles. The van der Waals surface area contributed by atoms with Crippen LogP contribution in [0.3, 0.4) is 0 Å². The van der Waals surface area contributed by atoms with Crippen LogP contribution in [0.1, 0.15) is 39.8 Å². The summed E-state index contributed by atoms with van der Waals surface area (Å²) in [7, 11) is 2.95. The first-order valence-electron chi connectivity index (χ1n) is 8.22. The predicted molar refractivity (Wildman–Crippen MR) is 93.7 cm³/mol. The average Bonchev–Trinajstić information content (AvgIpc) is 2.99. The summed E-state index contributed by atoms with van der Waals surface area (Å²) in [5, 5.41) is 2.78. The van der Waals surface area contributed by atoms with Gasteiger partial charge in [-0.25, -0.2) is 4.79 Å². The normalized spacial score (nSPS) is 15.8. The summed E-state index contributed by atoms with van der Waals surface area (Å²) in [5.41, 5.74) is 1.80. The molecule has 7 nitrogen and oxygen atoms in total. The molecule has 2 amide bonds. The van der Waals surface area contributed by atoms with Gasteiger partial charge in [0, 0.05) is 19.2 Å². The fraction of sp³-hybridized carbons (Fsp3) is 0.316. The minimum absolute atomic E-state index is 0.102. The summed E-state index contributed by atoms with van der Waals surface area (Å²) < 4.78 is 10.3. The minimum Gasteiger partial charge on any atom is -0.465 e. The van der Waals surface area contributed by atoms with Crippen molar-refractivity contribution in [2.24, 2.45) is 0 Å². The number of para-hydroxylation sites is 1. The number of anilines is 1. The standard InChI is InChI=1S/C19H20N2O5/c1-11-14(19(24)25-3)8-12(26-11)10-21(2)18(23)15-9-17(22)20-16-7-5-4-6-13(15)16/h4-8,15H,9-10H2,1-3H3,(H,20,22). The summed E-state index contributed by atoms with van der Waals surface area (Å²) in [6, 6.07) is 8.86. The molecule has 0 radical (unpaired) electrons. The maximum absolute atomic E-state index is 12.9. The van der Waals surface area contributed by atoms with Crippen molar-refractivity contribution >= 4 is 23.5 Å². The zero-order valence-electron chi connectivity index (χ0n) is 14.9. The quantitative estimate of drug-likeness (QED) is 0.850. The third-order valence-electron chi connectivity index (χ3n) is 4.44. The number of amides is 2. The van der Waals surface area contributed by atoms with Crippen molar-refractivity contribution in [1.29, 1.82) is 0 Å². The number of ether oxygens (including phenoxy) is 1. The van der Waals surface area contributed by atoms with Gasteiger partial charge in [0.15, 0.2) is 0 Å². The Hall–Kier alpha value is -3.09. The van der Waals surface area contributed by atoms with E-state index in [1.165, 1.54) is 12.0 Å². The third kappa shape index (κ3) is 3.33. The van der Waals surface area contributed by atoms with Crippen molar-refractivity contribution in [3.63, 3.8) is 0 Å². The smallest absolute Gasteiger partial charge is 0.341 e. The Morgan fingerprint density at radius 3 is 2.81 bits per heavy atom. The highest BCUT2D eigenvalue weighted by atomic mass is 16.5. The van der Waals surface area contributed by atoms with Crippen LogP contribution in [-0.4, -0.2) is 36.8 Å². The lowest BCUT2D eigenvalue weighted by molar-refractivity contribution is -0.134. The maximum atomic E-state index is 12.9. The van der Waals surface area contributed by atoms with E-state index in [4.69, 9.17) is 9.15 Å². The van der Waals surface area contributed by atoms with Crippen LogP contribution in [0, 0.1) is 6.92 Å². The minimum atomic E-state index is -0.541. The van der Waals surface area contributed by atoms with Crippen molar-refractivity contribution < 1.29 is 23.5 Å². The second-order valence-electron chi connectivity index (χ2n) is 6.26. The summed E-state index contributed by atoms with van der Waals surface area (Å²) in [5.74, 6) is -0.467. The molecule has 0 aliphatic carbocycles. The van der Waals surface area contributed by atoms with Gasteiger partial charge in [-0.15, -0.1) is 0 Å². The Morgan fingerprint density at radius 1 is 1.35 bits per heavy atom. The molecule has 1 aromatic heterocycles. The molecule has 7 heteroatoms. The first kappa shape index (κ1) is 17.7. The molecule has 1 unspecified atom stereocenters. The molecule has 1 aliphatic rings. The van der Waals surface area contributed by atoms with Crippen molar-refractivity contribution in [3.8, 4) is 0 Å². The molecule has 136 valence electrons. The zero-order valence-corrected chi connectivity index (χ0v) is 14.9. The Morgan fingerprint density at radius 2 is 2.08 bits per heavy atom. The van der Waals surface area contributed by atoms with E-state index in [0.29, 0.717) is 22.8 Å². The van der Waals surface area contributed by atoms with Crippen molar-refractivity contribution in [3.05, 3.63) is 53.0 Å². The van der Waals surface area contributed by atoms with Crippen molar-refractivity contribution in [1.82, 2.24) is 4.90 Å². The molecule has 0 fully saturated rings. The molecular weight excluding hydrogens is 336 g/mol. The molecule has 0 bridgehead atoms. The van der Waals surface area contributed by atoms with E-state index >= 15 is 0 Å². The van der Waals surface area contributed by atoms with Crippen molar-refractivity contribution in [2.45, 2.75) is 25.8 Å². The highest BCUT2D eigenvalue weighted by Crippen LogP contribution is 2.33. The van der Waals surface area contributed by atoms with Gasteiger partial charge in [0.05, 0.1) is 19.6 Å². The van der Waals surface area contributed by atoms with Crippen LogP contribution in [-0.2, 0) is 20.9 Å². The Balaban J connectivity index is 1.79. The average molecular weight is 356 g/mol. The monoisotopic (exact) mass is 356 g/mol. The topological polar surface area (TPSA) is 88.8 Å². The number of carbonyl (C=O) groups excluding carboxylic acids is 3. The van der Waals surface area contributed by atoms with Crippen LogP contribution in [0.25, 0.3) is 0 Å². The number of aryl methyl sites for hydroxylation is 1. The number of hydrogen-bond donors (Lipinski definition) is 1. The van der Waals surface area contributed by atoms with Gasteiger partial charge in [-0.05, 0) is 24.6 Å². The molecule has 2 heterocycles. The summed E-state index contributed by atoms with van der Waals surface area (Å²) in [4.78, 5) is 38.0. The van der Waals surface area contributed by atoms with E-state index in [2.05, 4.69) is 5.32 Å². The van der Waals surface area contributed by atoms with Crippen LogP contribution < -0.4 is 5.32 Å². The van der Waals surface area contributed by atoms with Gasteiger partial charge in [0.1, 0.15) is 17.1 Å². The number of furan rings is 1. The number of esters is 1. The molecule has 26 heavy (non-hydrogen) atoms. The Labute approximate surface area is 150 Å². The molecule has 1 atom stereocenters. The van der Waals surface area contributed by atoms with Gasteiger partial charge >= 0.3 is 5.97 Å². The number of benzene rings is 1. The highest BCUT2D eigenvalue weighted by molar-refractivity contribution is 6.01. The van der Waals surface area contributed by atoms with E-state index in [1.54, 1.807) is 26.1 Å². The fourth-order valence-electron chi connectivity index (χ4n) is 3.14. The summed E-state index contributed by atoms with van der Waals surface area (Å²) >= 11 is 0. The molecule has 2 aromatic rings. The third-order valence-corrected chi connectivity index (χ3v) is 4.44. The SMILES string of the molecule is COC(=O)c1cc(CN(C)C(=O)C2CC(=O)Nc3ccccc32)oc1C. The molecule has 3 rings (SSSR count). The molecule has 0 saturated carbocycles. The lowest BCUT2D eigenvalue weighted by atomic mass is 9.89. The van der Waals surface area contributed by atoms with Gasteiger partial charge in [-0.3, -0.25) is 9.59 Å². The number of fused-ring (bicyclic) bond motifs is 1. The number of likely N-dealkylation sites (N-methyl/N-ethyl adjacent to an activating group) is 1. The Bertz CT molecular complexity index is 871. The number of methoxy groups -OCH3 is 1. The first-order chi connectivity index (χ1) is 12.4. The second kappa shape index (κ2) is 7.03. The van der Waals surface area contributed by atoms with E-state index < -0.39 is 11.9 Å². The van der Waals surface area contributed by atoms with Crippen molar-refractivity contribution in [2.75, 3.05) is 19.5 Å². The number of nitrogens with one attached hydrogen (secondary N) is 1. The van der Waals surface area contributed by atoms with Gasteiger partial charge in [0.2, 0.25) is 11.8 Å². The number of carbonyl (C=O) groups is 3. The molecule has 1 aliphatic heterocycles. The number of nitrogens with zero attached hydrogens (tertiary/aromatic N) is 1. The van der Waals surface area contributed by atoms with Crippen LogP contribution in [0.15, 0.2) is 34.7 Å². The molecule has 1 N–H and O–H groups in total. The van der Waals surface area contributed by atoms with E-state index in [-0.39, 0.29) is 24.8 Å². The highest BCUT2D eigenvalue weighted by Gasteiger charge is 2.32. The number of hydrogen-bond acceptors (Lipinski definition) is 5. The van der Waals surface area contributed by atoms with Crippen LogP contribution >= 0.6 is 0 Å². The summed E-state index contributed by atoms with van der Waals surface area (Å²) in [6.07, 6.45) is 0.102. The number of rotatable bonds is 4. The lowest BCUT2D eigenvalue weighted by Crippen LogP contribution is -2.36. The van der Waals surface area contributed by atoms with Crippen LogP contribution in [0.5, 0.6) is 0 Å². The fourth-order valence-corrected chi connectivity index (χ4v) is 3.14. The summed E-state index contributed by atoms with van der Waals surface area (Å²) in [6.45, 7) is 1.86. The van der Waals surface area contributed by atoms with Gasteiger partial charge in [-0.2, -0.15) is 0 Å². The zero-order chi connectivity index (χ0) is 18.8. The van der Waals surface area contributed by atoms with E-state index in [1.807, 2.05) is 18.2 Å². The second-order valence-corrected chi connectivity index (χ2v) is 6.26. The van der Waals surface area contributed by atoms with Gasteiger partial charge in [-0.1, -0.05) is 18.2 Å². The largest absolute Gasteiger partial charge is 0.465 e. The predicted octanol–water partition coefficient (Wildman–Crippen LogP) is 2.46. The first-order valence-corrected chi connectivity index (χ1v) is 8.22. The maximum Gasteiger partial charge on any atom is 0.341 e. The van der Waals surface area contributed by atoms with E-state index in [0.717, 1.165) is 5.56 Å². The molecular formula is C19H20N2O5. The van der Waals surface area contributed by atoms with Crippen LogP contribution in [0.2, 0.25) is 0 Å². The lowest BCUT2D eigenvalue weighted by Gasteiger charge is -2.28. The molecule has 1 aromatic carbocycles. The Kier molecular flexibility index (Phi) is 4.79. The van der Waals surface area contributed by atoms with Gasteiger partial charge < -0.3 is 19.4 Å². The molecule has 0 spiro atoms. The van der Waals surface area contributed by atoms with Crippen LogP contribution in [0.4, 0.5) is 5.69 Å².